The Kier molecular flexibility index (Phi) is 5.68. The normalized spacial score (nSPS) is 16.0. The summed E-state index contributed by atoms with van der Waals surface area (Å²) < 4.78 is 6.42. The molecule has 1 aliphatic heterocycles. The van der Waals surface area contributed by atoms with E-state index in [1.165, 1.54) is 7.11 Å². The summed E-state index contributed by atoms with van der Waals surface area (Å²) in [6, 6.07) is 9.40. The second-order valence-electron chi connectivity index (χ2n) is 6.46. The molecule has 3 rings (SSSR count). The van der Waals surface area contributed by atoms with Gasteiger partial charge in [0, 0.05) is 24.5 Å². The number of hydrogen-bond donors (Lipinski definition) is 2. The van der Waals surface area contributed by atoms with Gasteiger partial charge in [0.15, 0.2) is 0 Å². The maximum absolute atomic E-state index is 13.1. The number of esters is 1. The van der Waals surface area contributed by atoms with E-state index in [9.17, 15) is 9.59 Å². The summed E-state index contributed by atoms with van der Waals surface area (Å²) in [6.45, 7) is 1.56. The van der Waals surface area contributed by atoms with E-state index < -0.39 is 5.54 Å². The number of piperidine rings is 1. The predicted molar refractivity (Wildman–Crippen MR) is 97.7 cm³/mol. The van der Waals surface area contributed by atoms with Crippen LogP contribution in [0.4, 0.5) is 5.69 Å². The van der Waals surface area contributed by atoms with E-state index in [1.807, 2.05) is 36.5 Å². The molecule has 1 aromatic carbocycles. The van der Waals surface area contributed by atoms with E-state index in [-0.39, 0.29) is 11.9 Å². The second kappa shape index (κ2) is 8.14. The van der Waals surface area contributed by atoms with Crippen LogP contribution in [0, 0.1) is 0 Å². The topological polar surface area (TPSA) is 85.2 Å². The first-order valence-corrected chi connectivity index (χ1v) is 8.82. The Morgan fingerprint density at radius 3 is 2.62 bits per heavy atom. The lowest BCUT2D eigenvalue weighted by atomic mass is 9.87. The van der Waals surface area contributed by atoms with Crippen LogP contribution in [0.1, 0.15) is 24.8 Å². The average Bonchev–Trinajstić information content (AvgIpc) is 3.23. The molecule has 138 valence electrons. The molecule has 1 aliphatic rings. The molecular formula is C19H24N4O3. The van der Waals surface area contributed by atoms with Crippen molar-refractivity contribution in [1.29, 1.82) is 0 Å². The van der Waals surface area contributed by atoms with Crippen LogP contribution in [0.5, 0.6) is 0 Å². The number of aryl methyl sites for hydroxylation is 1. The SMILES string of the molecule is COC(=O)CCc1ccc(NC(=O)C2(n3cccn3)CCNCC2)cc1. The summed E-state index contributed by atoms with van der Waals surface area (Å²) in [5.74, 6) is -0.278. The van der Waals surface area contributed by atoms with Crippen molar-refractivity contribution in [2.24, 2.45) is 0 Å². The zero-order chi connectivity index (χ0) is 18.4. The van der Waals surface area contributed by atoms with Crippen LogP contribution in [0.3, 0.4) is 0 Å². The van der Waals surface area contributed by atoms with Crippen LogP contribution in [0.2, 0.25) is 0 Å². The van der Waals surface area contributed by atoms with Gasteiger partial charge in [-0.15, -0.1) is 0 Å². The lowest BCUT2D eigenvalue weighted by Gasteiger charge is -2.36. The van der Waals surface area contributed by atoms with Crippen molar-refractivity contribution in [2.75, 3.05) is 25.5 Å². The highest BCUT2D eigenvalue weighted by molar-refractivity contribution is 5.96. The highest BCUT2D eigenvalue weighted by Crippen LogP contribution is 2.28. The van der Waals surface area contributed by atoms with Gasteiger partial charge < -0.3 is 15.4 Å². The van der Waals surface area contributed by atoms with Crippen molar-refractivity contribution in [2.45, 2.75) is 31.2 Å². The molecule has 0 saturated carbocycles. The van der Waals surface area contributed by atoms with E-state index in [1.54, 1.807) is 10.9 Å². The molecule has 0 unspecified atom stereocenters. The van der Waals surface area contributed by atoms with Crippen LogP contribution in [-0.2, 0) is 26.3 Å². The summed E-state index contributed by atoms with van der Waals surface area (Å²) in [6.07, 6.45) is 5.89. The van der Waals surface area contributed by atoms with Crippen molar-refractivity contribution in [1.82, 2.24) is 15.1 Å². The highest BCUT2D eigenvalue weighted by atomic mass is 16.5. The molecule has 0 bridgehead atoms. The number of amides is 1. The molecule has 0 spiro atoms. The summed E-state index contributed by atoms with van der Waals surface area (Å²) in [5, 5.41) is 10.6. The number of methoxy groups -OCH3 is 1. The number of aromatic nitrogens is 2. The van der Waals surface area contributed by atoms with Crippen LogP contribution >= 0.6 is 0 Å². The molecule has 1 amide bonds. The molecule has 1 aromatic heterocycles. The summed E-state index contributed by atoms with van der Waals surface area (Å²) in [7, 11) is 1.39. The van der Waals surface area contributed by atoms with Crippen molar-refractivity contribution < 1.29 is 14.3 Å². The van der Waals surface area contributed by atoms with Crippen molar-refractivity contribution in [3.63, 3.8) is 0 Å². The standard InChI is InChI=1S/C19H24N4O3/c1-26-17(24)8-5-15-3-6-16(7-4-15)22-18(25)19(9-12-20-13-10-19)23-14-2-11-21-23/h2-4,6-7,11,14,20H,5,8-10,12-13H2,1H3,(H,22,25). The van der Waals surface area contributed by atoms with Gasteiger partial charge in [0.25, 0.3) is 5.91 Å². The fraction of sp³-hybridized carbons (Fsp3) is 0.421. The molecule has 1 fully saturated rings. The van der Waals surface area contributed by atoms with E-state index in [4.69, 9.17) is 0 Å². The minimum Gasteiger partial charge on any atom is -0.469 e. The minimum absolute atomic E-state index is 0.0509. The first-order valence-electron chi connectivity index (χ1n) is 8.82. The van der Waals surface area contributed by atoms with Crippen molar-refractivity contribution in [3.8, 4) is 0 Å². The number of nitrogens with one attached hydrogen (secondary N) is 2. The fourth-order valence-corrected chi connectivity index (χ4v) is 3.27. The molecule has 2 heterocycles. The van der Waals surface area contributed by atoms with Gasteiger partial charge in [0.2, 0.25) is 0 Å². The Morgan fingerprint density at radius 2 is 2.00 bits per heavy atom. The Labute approximate surface area is 152 Å². The molecule has 1 saturated heterocycles. The van der Waals surface area contributed by atoms with Gasteiger partial charge in [-0.05, 0) is 56.1 Å². The number of nitrogens with zero attached hydrogens (tertiary/aromatic N) is 2. The number of carbonyl (C=O) groups excluding carboxylic acids is 2. The molecule has 7 nitrogen and oxygen atoms in total. The predicted octanol–water partition coefficient (Wildman–Crippen LogP) is 1.71. The van der Waals surface area contributed by atoms with Crippen molar-refractivity contribution in [3.05, 3.63) is 48.3 Å². The molecule has 26 heavy (non-hydrogen) atoms. The molecular weight excluding hydrogens is 332 g/mol. The molecule has 2 aromatic rings. The number of anilines is 1. The van der Waals surface area contributed by atoms with Crippen LogP contribution in [0.15, 0.2) is 42.7 Å². The monoisotopic (exact) mass is 356 g/mol. The number of benzene rings is 1. The van der Waals surface area contributed by atoms with Crippen molar-refractivity contribution >= 4 is 17.6 Å². The molecule has 0 aliphatic carbocycles. The highest BCUT2D eigenvalue weighted by Gasteiger charge is 2.41. The van der Waals surface area contributed by atoms with Gasteiger partial charge >= 0.3 is 5.97 Å². The number of carbonyl (C=O) groups is 2. The lowest BCUT2D eigenvalue weighted by Crippen LogP contribution is -2.52. The Morgan fingerprint density at radius 1 is 1.27 bits per heavy atom. The molecule has 2 N–H and O–H groups in total. The minimum atomic E-state index is -0.668. The number of ether oxygens (including phenoxy) is 1. The zero-order valence-electron chi connectivity index (χ0n) is 14.9. The maximum Gasteiger partial charge on any atom is 0.305 e. The number of hydrogen-bond acceptors (Lipinski definition) is 5. The third-order valence-corrected chi connectivity index (χ3v) is 4.85. The van der Waals surface area contributed by atoms with Gasteiger partial charge in [-0.1, -0.05) is 12.1 Å². The third-order valence-electron chi connectivity index (χ3n) is 4.85. The fourth-order valence-electron chi connectivity index (χ4n) is 3.27. The molecule has 0 atom stereocenters. The van der Waals surface area contributed by atoms with Crippen LogP contribution < -0.4 is 10.6 Å². The Hall–Kier alpha value is -2.67. The third kappa shape index (κ3) is 3.94. The largest absolute Gasteiger partial charge is 0.469 e. The van der Waals surface area contributed by atoms with Gasteiger partial charge in [0.1, 0.15) is 5.54 Å². The van der Waals surface area contributed by atoms with Gasteiger partial charge in [-0.2, -0.15) is 5.10 Å². The Balaban J connectivity index is 1.69. The Bertz CT molecular complexity index is 735. The molecule has 0 radical (unpaired) electrons. The van der Waals surface area contributed by atoms with Gasteiger partial charge in [-0.3, -0.25) is 14.3 Å². The van der Waals surface area contributed by atoms with Crippen LogP contribution in [-0.4, -0.2) is 41.9 Å². The first kappa shape index (κ1) is 18.1. The van der Waals surface area contributed by atoms with Gasteiger partial charge in [0.05, 0.1) is 7.11 Å². The lowest BCUT2D eigenvalue weighted by molar-refractivity contribution is -0.140. The first-order chi connectivity index (χ1) is 12.6. The summed E-state index contributed by atoms with van der Waals surface area (Å²) in [4.78, 5) is 24.3. The van der Waals surface area contributed by atoms with E-state index in [0.29, 0.717) is 25.7 Å². The number of rotatable bonds is 6. The maximum atomic E-state index is 13.1. The summed E-state index contributed by atoms with van der Waals surface area (Å²) in [5.41, 5.74) is 1.09. The van der Waals surface area contributed by atoms with E-state index >= 15 is 0 Å². The molecule has 7 heteroatoms. The van der Waals surface area contributed by atoms with Gasteiger partial charge in [-0.25, -0.2) is 0 Å². The second-order valence-corrected chi connectivity index (χ2v) is 6.46. The quantitative estimate of drug-likeness (QED) is 0.770. The van der Waals surface area contributed by atoms with E-state index in [0.717, 1.165) is 24.3 Å². The zero-order valence-corrected chi connectivity index (χ0v) is 14.9. The smallest absolute Gasteiger partial charge is 0.305 e. The van der Waals surface area contributed by atoms with E-state index in [2.05, 4.69) is 20.5 Å². The average molecular weight is 356 g/mol. The van der Waals surface area contributed by atoms with Crippen LogP contribution in [0.25, 0.3) is 0 Å². The summed E-state index contributed by atoms with van der Waals surface area (Å²) >= 11 is 0.